The molecule has 29 heavy (non-hydrogen) atoms. The van der Waals surface area contributed by atoms with Crippen LogP contribution in [0.15, 0.2) is 48.8 Å². The van der Waals surface area contributed by atoms with Gasteiger partial charge in [-0.15, -0.1) is 0 Å². The van der Waals surface area contributed by atoms with Crippen molar-refractivity contribution in [2.24, 2.45) is 0 Å². The zero-order valence-corrected chi connectivity index (χ0v) is 16.7. The predicted octanol–water partition coefficient (Wildman–Crippen LogP) is 7.26. The van der Waals surface area contributed by atoms with Crippen molar-refractivity contribution in [1.29, 1.82) is 0 Å². The molecule has 0 saturated carbocycles. The molecule has 0 aliphatic rings. The molecule has 4 aromatic rings. The smallest absolute Gasteiger partial charge is 0.209 e. The van der Waals surface area contributed by atoms with Crippen LogP contribution in [0.5, 0.6) is 23.0 Å². The molecule has 148 valence electrons. The first-order chi connectivity index (χ1) is 13.8. The fraction of sp³-hybridized carbons (Fsp3) is 0.167. The van der Waals surface area contributed by atoms with E-state index in [0.717, 1.165) is 22.3 Å². The summed E-state index contributed by atoms with van der Waals surface area (Å²) < 4.78 is 42.5. The third-order valence-corrected chi connectivity index (χ3v) is 4.93. The highest BCUT2D eigenvalue weighted by molar-refractivity contribution is 5.87. The van der Waals surface area contributed by atoms with Crippen LogP contribution in [0.25, 0.3) is 10.8 Å². The van der Waals surface area contributed by atoms with Gasteiger partial charge in [0.2, 0.25) is 11.5 Å². The lowest BCUT2D eigenvalue weighted by Crippen LogP contribution is -2.00. The number of benzene rings is 3. The van der Waals surface area contributed by atoms with Crippen LogP contribution < -0.4 is 9.47 Å². The molecule has 3 aromatic carbocycles. The van der Waals surface area contributed by atoms with E-state index in [0.29, 0.717) is 11.5 Å². The van der Waals surface area contributed by atoms with E-state index < -0.39 is 11.6 Å². The lowest BCUT2D eigenvalue weighted by atomic mass is 10.1. The lowest BCUT2D eigenvalue weighted by molar-refractivity contribution is 0.377. The van der Waals surface area contributed by atoms with Gasteiger partial charge in [0.05, 0.1) is 0 Å². The number of H-pyrrole nitrogens is 1. The van der Waals surface area contributed by atoms with Crippen LogP contribution >= 0.6 is 0 Å². The molecule has 0 radical (unpaired) electrons. The molecule has 4 rings (SSSR count). The standard InChI is InChI=1S/C24H21F2NO2/c1-13-5-7-15(3)19(9-13)28-23-21(25)17-11-27-12-18(17)22(26)24(23)29-20-10-14(2)6-8-16(20)4/h5-12,27H,1-4H3. The summed E-state index contributed by atoms with van der Waals surface area (Å²) in [5.41, 5.74) is 3.52. The summed E-state index contributed by atoms with van der Waals surface area (Å²) in [6.45, 7) is 7.52. The Morgan fingerprint density at radius 3 is 1.48 bits per heavy atom. The molecule has 0 bridgehead atoms. The molecule has 0 unspecified atom stereocenters. The van der Waals surface area contributed by atoms with Crippen molar-refractivity contribution < 1.29 is 18.3 Å². The molecule has 1 aromatic heterocycles. The fourth-order valence-electron chi connectivity index (χ4n) is 3.21. The van der Waals surface area contributed by atoms with Gasteiger partial charge in [0.25, 0.3) is 0 Å². The second-order valence-electron chi connectivity index (χ2n) is 7.31. The number of nitrogens with one attached hydrogen (secondary N) is 1. The molecule has 5 heteroatoms. The molecule has 0 aliphatic heterocycles. The molecule has 0 atom stereocenters. The van der Waals surface area contributed by atoms with E-state index in [4.69, 9.17) is 9.47 Å². The molecule has 1 heterocycles. The zero-order chi connectivity index (χ0) is 20.7. The van der Waals surface area contributed by atoms with Crippen LogP contribution in [0.2, 0.25) is 0 Å². The second kappa shape index (κ2) is 7.24. The van der Waals surface area contributed by atoms with Gasteiger partial charge in [0.15, 0.2) is 11.6 Å². The molecule has 0 fully saturated rings. The maximum absolute atomic E-state index is 15.4. The minimum absolute atomic E-state index is 0.108. The highest BCUT2D eigenvalue weighted by Crippen LogP contribution is 2.45. The van der Waals surface area contributed by atoms with E-state index in [9.17, 15) is 0 Å². The Morgan fingerprint density at radius 1 is 0.655 bits per heavy atom. The van der Waals surface area contributed by atoms with Gasteiger partial charge in [0.1, 0.15) is 11.5 Å². The van der Waals surface area contributed by atoms with Crippen LogP contribution in [-0.2, 0) is 0 Å². The quantitative estimate of drug-likeness (QED) is 0.396. The summed E-state index contributed by atoms with van der Waals surface area (Å²) in [4.78, 5) is 2.75. The number of aryl methyl sites for hydroxylation is 4. The van der Waals surface area contributed by atoms with E-state index >= 15 is 8.78 Å². The molecular formula is C24H21F2NO2. The van der Waals surface area contributed by atoms with Gasteiger partial charge < -0.3 is 14.5 Å². The van der Waals surface area contributed by atoms with Crippen molar-refractivity contribution in [3.8, 4) is 23.0 Å². The normalized spacial score (nSPS) is 11.1. The van der Waals surface area contributed by atoms with Gasteiger partial charge in [-0.2, -0.15) is 0 Å². The van der Waals surface area contributed by atoms with E-state index in [1.807, 2.05) is 52.0 Å². The minimum atomic E-state index is -0.677. The van der Waals surface area contributed by atoms with Gasteiger partial charge in [-0.25, -0.2) is 8.78 Å². The van der Waals surface area contributed by atoms with Crippen LogP contribution in [0, 0.1) is 39.3 Å². The van der Waals surface area contributed by atoms with Crippen molar-refractivity contribution in [2.45, 2.75) is 27.7 Å². The Bertz CT molecular complexity index is 1130. The van der Waals surface area contributed by atoms with Crippen molar-refractivity contribution >= 4 is 10.8 Å². The SMILES string of the molecule is Cc1ccc(C)c(Oc2c(Oc3cc(C)ccc3C)c(F)c3c[nH]cc3c2F)c1. The summed E-state index contributed by atoms with van der Waals surface area (Å²) in [6, 6.07) is 11.2. The van der Waals surface area contributed by atoms with E-state index in [1.165, 1.54) is 12.4 Å². The van der Waals surface area contributed by atoms with Crippen LogP contribution in [0.4, 0.5) is 8.78 Å². The maximum Gasteiger partial charge on any atom is 0.209 e. The van der Waals surface area contributed by atoms with E-state index in [-0.39, 0.29) is 22.3 Å². The number of ether oxygens (including phenoxy) is 2. The number of halogens is 2. The second-order valence-corrected chi connectivity index (χ2v) is 7.31. The molecule has 1 N–H and O–H groups in total. The number of hydrogen-bond donors (Lipinski definition) is 1. The summed E-state index contributed by atoms with van der Waals surface area (Å²) >= 11 is 0. The van der Waals surface area contributed by atoms with Gasteiger partial charge in [0, 0.05) is 23.2 Å². The first kappa shape index (κ1) is 19.0. The molecule has 3 nitrogen and oxygen atoms in total. The largest absolute Gasteiger partial charge is 0.450 e. The predicted molar refractivity (Wildman–Crippen MR) is 110 cm³/mol. The molecule has 0 saturated heterocycles. The Hall–Kier alpha value is -3.34. The van der Waals surface area contributed by atoms with E-state index in [1.54, 1.807) is 12.1 Å². The van der Waals surface area contributed by atoms with E-state index in [2.05, 4.69) is 4.98 Å². The number of rotatable bonds is 4. The average molecular weight is 393 g/mol. The molecule has 0 aliphatic carbocycles. The highest BCUT2D eigenvalue weighted by atomic mass is 19.1. The summed E-state index contributed by atoms with van der Waals surface area (Å²) in [7, 11) is 0. The third-order valence-electron chi connectivity index (χ3n) is 4.93. The van der Waals surface area contributed by atoms with Crippen LogP contribution in [0.1, 0.15) is 22.3 Å². The molecular weight excluding hydrogens is 372 g/mol. The number of aromatic amines is 1. The van der Waals surface area contributed by atoms with Crippen molar-refractivity contribution in [2.75, 3.05) is 0 Å². The number of fused-ring (bicyclic) bond motifs is 1. The molecule has 0 spiro atoms. The Labute approximate surface area is 167 Å². The number of hydrogen-bond acceptors (Lipinski definition) is 2. The first-order valence-corrected chi connectivity index (χ1v) is 9.33. The zero-order valence-electron chi connectivity index (χ0n) is 16.7. The monoisotopic (exact) mass is 393 g/mol. The van der Waals surface area contributed by atoms with Crippen molar-refractivity contribution in [3.05, 3.63) is 82.7 Å². The Balaban J connectivity index is 1.92. The van der Waals surface area contributed by atoms with Crippen molar-refractivity contribution in [3.63, 3.8) is 0 Å². The summed E-state index contributed by atoms with van der Waals surface area (Å²) in [5.74, 6) is -1.01. The van der Waals surface area contributed by atoms with Crippen LogP contribution in [-0.4, -0.2) is 4.98 Å². The minimum Gasteiger partial charge on any atom is -0.450 e. The van der Waals surface area contributed by atoms with Crippen LogP contribution in [0.3, 0.4) is 0 Å². The molecule has 0 amide bonds. The summed E-state index contributed by atoms with van der Waals surface area (Å²) in [5, 5.41) is 0.215. The van der Waals surface area contributed by atoms with Gasteiger partial charge in [-0.3, -0.25) is 0 Å². The van der Waals surface area contributed by atoms with Gasteiger partial charge in [-0.1, -0.05) is 24.3 Å². The lowest BCUT2D eigenvalue weighted by Gasteiger charge is -2.17. The number of aromatic nitrogens is 1. The third kappa shape index (κ3) is 3.44. The Kier molecular flexibility index (Phi) is 4.74. The van der Waals surface area contributed by atoms with Gasteiger partial charge in [-0.05, 0) is 62.1 Å². The first-order valence-electron chi connectivity index (χ1n) is 9.33. The topological polar surface area (TPSA) is 34.2 Å². The average Bonchev–Trinajstić information content (AvgIpc) is 3.18. The summed E-state index contributed by atoms with van der Waals surface area (Å²) in [6.07, 6.45) is 2.82. The highest BCUT2D eigenvalue weighted by Gasteiger charge is 2.25. The van der Waals surface area contributed by atoms with Crippen molar-refractivity contribution in [1.82, 2.24) is 4.98 Å². The fourth-order valence-corrected chi connectivity index (χ4v) is 3.21. The Morgan fingerprint density at radius 2 is 1.07 bits per heavy atom. The van der Waals surface area contributed by atoms with Gasteiger partial charge >= 0.3 is 0 Å². The maximum atomic E-state index is 15.4.